The van der Waals surface area contributed by atoms with E-state index < -0.39 is 0 Å². The molecule has 0 spiro atoms. The molecule has 2 rings (SSSR count). The molecular weight excluding hydrogens is 274 g/mol. The zero-order valence-corrected chi connectivity index (χ0v) is 12.5. The van der Waals surface area contributed by atoms with Crippen LogP contribution in [0.1, 0.15) is 13.8 Å². The minimum Gasteiger partial charge on any atom is -0.464 e. The van der Waals surface area contributed by atoms with Crippen molar-refractivity contribution in [3.05, 3.63) is 0 Å². The van der Waals surface area contributed by atoms with Gasteiger partial charge in [0.25, 0.3) is 0 Å². The summed E-state index contributed by atoms with van der Waals surface area (Å²) in [6.45, 7) is 8.76. The first-order chi connectivity index (χ1) is 10.2. The third-order valence-corrected chi connectivity index (χ3v) is 3.18. The Balaban J connectivity index is 1.93. The van der Waals surface area contributed by atoms with Crippen LogP contribution in [0.25, 0.3) is 0 Å². The molecule has 1 unspecified atom stereocenters. The fraction of sp³-hybridized carbons (Fsp3) is 0.750. The Hall–Kier alpha value is -1.71. The van der Waals surface area contributed by atoms with E-state index in [1.807, 2.05) is 6.92 Å². The molecule has 0 amide bonds. The highest BCUT2D eigenvalue weighted by atomic mass is 16.5. The Labute approximate surface area is 124 Å². The van der Waals surface area contributed by atoms with Gasteiger partial charge in [0, 0.05) is 19.6 Å². The van der Waals surface area contributed by atoms with Gasteiger partial charge in [-0.25, -0.2) is 5.84 Å². The zero-order chi connectivity index (χ0) is 15.1. The molecule has 0 bridgehead atoms. The zero-order valence-electron chi connectivity index (χ0n) is 12.5. The summed E-state index contributed by atoms with van der Waals surface area (Å²) in [6, 6.07) is 0.239. The van der Waals surface area contributed by atoms with Crippen molar-refractivity contribution in [3.8, 4) is 6.01 Å². The number of nitrogens with zero attached hydrogens (tertiary/aromatic N) is 4. The molecule has 9 heteroatoms. The Bertz CT molecular complexity index is 446. The highest BCUT2D eigenvalue weighted by molar-refractivity contribution is 5.35. The number of aromatic nitrogens is 3. The molecule has 0 aromatic carbocycles. The Morgan fingerprint density at radius 3 is 2.86 bits per heavy atom. The maximum absolute atomic E-state index is 5.72. The number of rotatable bonds is 7. The smallest absolute Gasteiger partial charge is 0.323 e. The van der Waals surface area contributed by atoms with E-state index in [1.165, 1.54) is 0 Å². The second-order valence-electron chi connectivity index (χ2n) is 4.61. The molecule has 118 valence electrons. The van der Waals surface area contributed by atoms with Gasteiger partial charge >= 0.3 is 6.01 Å². The molecule has 9 nitrogen and oxygen atoms in total. The van der Waals surface area contributed by atoms with Gasteiger partial charge in [0.2, 0.25) is 11.9 Å². The number of anilines is 2. The van der Waals surface area contributed by atoms with E-state index in [4.69, 9.17) is 15.3 Å². The summed E-state index contributed by atoms with van der Waals surface area (Å²) in [4.78, 5) is 14.7. The van der Waals surface area contributed by atoms with Crippen LogP contribution in [-0.2, 0) is 4.74 Å². The summed E-state index contributed by atoms with van der Waals surface area (Å²) in [7, 11) is 0. The number of nitrogens with two attached hydrogens (primary N) is 1. The number of hydrogen-bond acceptors (Lipinski definition) is 9. The van der Waals surface area contributed by atoms with Crippen LogP contribution >= 0.6 is 0 Å². The molecule has 21 heavy (non-hydrogen) atoms. The van der Waals surface area contributed by atoms with Gasteiger partial charge in [0.1, 0.15) is 0 Å². The monoisotopic (exact) mass is 297 g/mol. The van der Waals surface area contributed by atoms with Crippen molar-refractivity contribution in [3.63, 3.8) is 0 Å². The third-order valence-electron chi connectivity index (χ3n) is 3.18. The van der Waals surface area contributed by atoms with Gasteiger partial charge in [-0.2, -0.15) is 15.0 Å². The van der Waals surface area contributed by atoms with E-state index in [0.717, 1.165) is 26.2 Å². The number of morpholine rings is 1. The minimum absolute atomic E-state index is 0.111. The fourth-order valence-electron chi connectivity index (χ4n) is 2.09. The molecule has 1 atom stereocenters. The number of nitrogens with one attached hydrogen (secondary N) is 2. The molecule has 1 aliphatic heterocycles. The van der Waals surface area contributed by atoms with E-state index in [9.17, 15) is 0 Å². The second-order valence-corrected chi connectivity index (χ2v) is 4.61. The van der Waals surface area contributed by atoms with Gasteiger partial charge in [0.15, 0.2) is 0 Å². The fourth-order valence-corrected chi connectivity index (χ4v) is 2.09. The van der Waals surface area contributed by atoms with E-state index in [1.54, 1.807) is 0 Å². The lowest BCUT2D eigenvalue weighted by Crippen LogP contribution is -2.45. The lowest BCUT2D eigenvalue weighted by molar-refractivity contribution is -0.0192. The molecule has 1 fully saturated rings. The van der Waals surface area contributed by atoms with Crippen LogP contribution in [-0.4, -0.2) is 65.3 Å². The molecule has 1 aliphatic rings. The topological polar surface area (TPSA) is 110 Å². The van der Waals surface area contributed by atoms with Crippen molar-refractivity contribution in [2.75, 3.05) is 50.1 Å². The molecule has 1 aromatic rings. The Morgan fingerprint density at radius 1 is 1.33 bits per heavy atom. The molecule has 2 heterocycles. The van der Waals surface area contributed by atoms with E-state index in [0.29, 0.717) is 19.1 Å². The molecule has 0 radical (unpaired) electrons. The third kappa shape index (κ3) is 4.66. The van der Waals surface area contributed by atoms with Crippen LogP contribution in [0, 0.1) is 0 Å². The highest BCUT2D eigenvalue weighted by Crippen LogP contribution is 2.11. The molecule has 4 N–H and O–H groups in total. The summed E-state index contributed by atoms with van der Waals surface area (Å²) in [6.07, 6.45) is 0.111. The van der Waals surface area contributed by atoms with Crippen molar-refractivity contribution in [2.45, 2.75) is 20.0 Å². The standard InChI is InChI=1S/C12H23N7O2/c1-3-19-5-6-21-9(8-19)7-14-10-15-11(18-13)17-12(16-10)20-4-2/h9H,3-8,13H2,1-2H3,(H2,14,15,16,17,18). The van der Waals surface area contributed by atoms with Crippen molar-refractivity contribution < 1.29 is 9.47 Å². The lowest BCUT2D eigenvalue weighted by Gasteiger charge is -2.32. The first kappa shape index (κ1) is 15.7. The van der Waals surface area contributed by atoms with Crippen molar-refractivity contribution in [2.24, 2.45) is 5.84 Å². The Morgan fingerprint density at radius 2 is 2.14 bits per heavy atom. The summed E-state index contributed by atoms with van der Waals surface area (Å²) in [5, 5.41) is 3.14. The van der Waals surface area contributed by atoms with Gasteiger partial charge in [-0.05, 0) is 13.5 Å². The largest absolute Gasteiger partial charge is 0.464 e. The van der Waals surface area contributed by atoms with Gasteiger partial charge in [-0.1, -0.05) is 6.92 Å². The maximum atomic E-state index is 5.72. The van der Waals surface area contributed by atoms with Crippen LogP contribution in [0.4, 0.5) is 11.9 Å². The van der Waals surface area contributed by atoms with E-state index in [-0.39, 0.29) is 18.1 Å². The number of nitrogen functional groups attached to an aromatic ring is 1. The predicted octanol–water partition coefficient (Wildman–Crippen LogP) is -0.312. The van der Waals surface area contributed by atoms with E-state index >= 15 is 0 Å². The SMILES string of the molecule is CCOc1nc(NN)nc(NCC2CN(CC)CCO2)n1. The molecule has 1 saturated heterocycles. The van der Waals surface area contributed by atoms with Gasteiger partial charge < -0.3 is 14.8 Å². The summed E-state index contributed by atoms with van der Waals surface area (Å²) in [5.41, 5.74) is 2.40. The van der Waals surface area contributed by atoms with Crippen molar-refractivity contribution in [1.29, 1.82) is 0 Å². The number of hydrazine groups is 1. The second kappa shape index (κ2) is 7.91. The number of likely N-dealkylation sites (N-methyl/N-ethyl adjacent to an activating group) is 1. The van der Waals surface area contributed by atoms with Crippen LogP contribution in [0.5, 0.6) is 6.01 Å². The summed E-state index contributed by atoms with van der Waals surface area (Å²) < 4.78 is 11.0. The van der Waals surface area contributed by atoms with E-state index in [2.05, 4.69) is 37.5 Å². The van der Waals surface area contributed by atoms with Gasteiger partial charge in [-0.15, -0.1) is 0 Å². The summed E-state index contributed by atoms with van der Waals surface area (Å²) in [5.74, 6) is 6.02. The minimum atomic E-state index is 0.111. The average molecular weight is 297 g/mol. The van der Waals surface area contributed by atoms with Crippen LogP contribution in [0.15, 0.2) is 0 Å². The Kier molecular flexibility index (Phi) is 5.90. The maximum Gasteiger partial charge on any atom is 0.323 e. The molecule has 0 saturated carbocycles. The van der Waals surface area contributed by atoms with Crippen LogP contribution in [0.2, 0.25) is 0 Å². The first-order valence-corrected chi connectivity index (χ1v) is 7.18. The quantitative estimate of drug-likeness (QED) is 0.461. The van der Waals surface area contributed by atoms with Crippen molar-refractivity contribution >= 4 is 11.9 Å². The van der Waals surface area contributed by atoms with Gasteiger partial charge in [0.05, 0.1) is 19.3 Å². The number of ether oxygens (including phenoxy) is 2. The first-order valence-electron chi connectivity index (χ1n) is 7.18. The normalized spacial score (nSPS) is 19.3. The summed E-state index contributed by atoms with van der Waals surface area (Å²) >= 11 is 0. The molecule has 1 aromatic heterocycles. The predicted molar refractivity (Wildman–Crippen MR) is 79.1 cm³/mol. The molecular formula is C12H23N7O2. The van der Waals surface area contributed by atoms with Crippen LogP contribution < -0.4 is 21.3 Å². The lowest BCUT2D eigenvalue weighted by atomic mass is 10.2. The van der Waals surface area contributed by atoms with Crippen molar-refractivity contribution in [1.82, 2.24) is 19.9 Å². The average Bonchev–Trinajstić information content (AvgIpc) is 2.53. The molecule has 0 aliphatic carbocycles. The van der Waals surface area contributed by atoms with Gasteiger partial charge in [-0.3, -0.25) is 10.3 Å². The highest BCUT2D eigenvalue weighted by Gasteiger charge is 2.19. The number of hydrogen-bond donors (Lipinski definition) is 3. The van der Waals surface area contributed by atoms with Crippen LogP contribution in [0.3, 0.4) is 0 Å².